The maximum atomic E-state index is 13.9. The van der Waals surface area contributed by atoms with E-state index in [4.69, 9.17) is 16.3 Å². The van der Waals surface area contributed by atoms with Crippen molar-refractivity contribution in [3.05, 3.63) is 64.7 Å². The Morgan fingerprint density at radius 2 is 1.65 bits per heavy atom. The molecule has 0 saturated heterocycles. The maximum absolute atomic E-state index is 13.9. The van der Waals surface area contributed by atoms with Crippen LogP contribution in [0.25, 0.3) is 11.4 Å². The zero-order valence-electron chi connectivity index (χ0n) is 14.2. The summed E-state index contributed by atoms with van der Waals surface area (Å²) < 4.78 is 47.5. The first-order chi connectivity index (χ1) is 12.2. The molecule has 0 N–H and O–H groups in total. The van der Waals surface area contributed by atoms with Crippen LogP contribution in [-0.4, -0.2) is 14.8 Å². The first-order valence-electron chi connectivity index (χ1n) is 7.68. The van der Waals surface area contributed by atoms with E-state index in [0.29, 0.717) is 17.2 Å². The second-order valence-electron chi connectivity index (χ2n) is 6.22. The number of benzene rings is 2. The smallest absolute Gasteiger partial charge is 0.176 e. The number of hydrogen-bond donors (Lipinski definition) is 0. The summed E-state index contributed by atoms with van der Waals surface area (Å²) in [6.45, 7) is 3.35. The average molecular weight is 382 g/mol. The van der Waals surface area contributed by atoms with Gasteiger partial charge in [-0.25, -0.2) is 13.2 Å². The van der Waals surface area contributed by atoms with Crippen LogP contribution < -0.4 is 4.74 Å². The lowest BCUT2D eigenvalue weighted by Crippen LogP contribution is -2.29. The Morgan fingerprint density at radius 1 is 1.00 bits per heavy atom. The fraction of sp³-hybridized carbons (Fsp3) is 0.222. The van der Waals surface area contributed by atoms with Crippen molar-refractivity contribution < 1.29 is 17.9 Å². The van der Waals surface area contributed by atoms with Crippen molar-refractivity contribution in [1.82, 2.24) is 14.8 Å². The molecule has 0 spiro atoms. The molecule has 26 heavy (non-hydrogen) atoms. The first kappa shape index (κ1) is 18.3. The average Bonchev–Trinajstić information content (AvgIpc) is 2.92. The van der Waals surface area contributed by atoms with E-state index >= 15 is 0 Å². The van der Waals surface area contributed by atoms with Crippen LogP contribution in [0.2, 0.25) is 5.02 Å². The van der Waals surface area contributed by atoms with Gasteiger partial charge in [-0.15, -0.1) is 10.2 Å². The minimum atomic E-state index is -1.08. The van der Waals surface area contributed by atoms with Crippen LogP contribution in [0, 0.1) is 17.5 Å². The topological polar surface area (TPSA) is 39.9 Å². The number of aromatic nitrogens is 3. The van der Waals surface area contributed by atoms with E-state index in [1.807, 2.05) is 0 Å². The third-order valence-electron chi connectivity index (χ3n) is 3.84. The molecule has 0 amide bonds. The van der Waals surface area contributed by atoms with Crippen molar-refractivity contribution >= 4 is 11.6 Å². The molecule has 1 aromatic heterocycles. The number of rotatable bonds is 4. The minimum Gasteiger partial charge on any atom is -0.477 e. The fourth-order valence-corrected chi connectivity index (χ4v) is 2.89. The molecule has 4 nitrogen and oxygen atoms in total. The van der Waals surface area contributed by atoms with E-state index in [2.05, 4.69) is 10.2 Å². The summed E-state index contributed by atoms with van der Waals surface area (Å²) in [6, 6.07) is 7.01. The van der Waals surface area contributed by atoms with Gasteiger partial charge in [0, 0.05) is 18.7 Å². The number of halogens is 4. The molecule has 0 bridgehead atoms. The van der Waals surface area contributed by atoms with Crippen LogP contribution in [0.1, 0.15) is 19.7 Å². The predicted octanol–water partition coefficient (Wildman–Crippen LogP) is 4.87. The predicted molar refractivity (Wildman–Crippen MR) is 91.4 cm³/mol. The minimum absolute atomic E-state index is 0.110. The molecule has 3 aromatic rings. The summed E-state index contributed by atoms with van der Waals surface area (Å²) in [6.07, 6.45) is 0. The molecule has 0 saturated carbocycles. The van der Waals surface area contributed by atoms with Crippen LogP contribution in [0.3, 0.4) is 0 Å². The van der Waals surface area contributed by atoms with Crippen molar-refractivity contribution in [3.63, 3.8) is 0 Å². The quantitative estimate of drug-likeness (QED) is 0.647. The summed E-state index contributed by atoms with van der Waals surface area (Å²) in [7, 11) is 1.69. The lowest BCUT2D eigenvalue weighted by molar-refractivity contribution is 0.0892. The highest BCUT2D eigenvalue weighted by Gasteiger charge is 2.31. The van der Waals surface area contributed by atoms with Gasteiger partial charge in [0.2, 0.25) is 0 Å². The SMILES string of the molecule is Cn1c(-c2ccc(F)cc2Cl)nnc1C(C)(C)Oc1ccc(F)cc1F. The highest BCUT2D eigenvalue weighted by atomic mass is 35.5. The van der Waals surface area contributed by atoms with Crippen molar-refractivity contribution in [3.8, 4) is 17.1 Å². The van der Waals surface area contributed by atoms with E-state index in [0.717, 1.165) is 12.1 Å². The molecule has 0 fully saturated rings. The van der Waals surface area contributed by atoms with Crippen LogP contribution in [0.5, 0.6) is 5.75 Å². The third kappa shape index (κ3) is 3.39. The highest BCUT2D eigenvalue weighted by Crippen LogP contribution is 2.32. The molecule has 3 rings (SSSR count). The van der Waals surface area contributed by atoms with Crippen LogP contribution in [-0.2, 0) is 12.6 Å². The molecule has 8 heteroatoms. The Morgan fingerprint density at radius 3 is 2.31 bits per heavy atom. The Balaban J connectivity index is 1.97. The molecule has 0 aliphatic rings. The Hall–Kier alpha value is -2.54. The second-order valence-corrected chi connectivity index (χ2v) is 6.62. The molecule has 2 aromatic carbocycles. The van der Waals surface area contributed by atoms with Crippen LogP contribution in [0.4, 0.5) is 13.2 Å². The first-order valence-corrected chi connectivity index (χ1v) is 8.06. The van der Waals surface area contributed by atoms with Crippen molar-refractivity contribution in [2.24, 2.45) is 7.05 Å². The number of ether oxygens (including phenoxy) is 1. The van der Waals surface area contributed by atoms with Crippen LogP contribution >= 0.6 is 11.6 Å². The van der Waals surface area contributed by atoms with Gasteiger partial charge in [-0.2, -0.15) is 0 Å². The van der Waals surface area contributed by atoms with Gasteiger partial charge in [0.15, 0.2) is 28.8 Å². The number of hydrogen-bond acceptors (Lipinski definition) is 3. The van der Waals surface area contributed by atoms with Gasteiger partial charge in [-0.3, -0.25) is 0 Å². The van der Waals surface area contributed by atoms with E-state index in [9.17, 15) is 13.2 Å². The second kappa shape index (κ2) is 6.64. The Bertz CT molecular complexity index is 972. The highest BCUT2D eigenvalue weighted by molar-refractivity contribution is 6.33. The fourth-order valence-electron chi connectivity index (χ4n) is 2.64. The Labute approximate surface area is 153 Å². The summed E-state index contributed by atoms with van der Waals surface area (Å²) in [4.78, 5) is 0. The van der Waals surface area contributed by atoms with E-state index in [1.54, 1.807) is 25.5 Å². The lowest BCUT2D eigenvalue weighted by atomic mass is 10.1. The van der Waals surface area contributed by atoms with Crippen LogP contribution in [0.15, 0.2) is 36.4 Å². The molecule has 136 valence electrons. The molecular weight excluding hydrogens is 367 g/mol. The van der Waals surface area contributed by atoms with Gasteiger partial charge in [-0.05, 0) is 44.2 Å². The maximum Gasteiger partial charge on any atom is 0.176 e. The summed E-state index contributed by atoms with van der Waals surface area (Å²) >= 11 is 6.09. The molecule has 0 aliphatic carbocycles. The zero-order valence-corrected chi connectivity index (χ0v) is 15.0. The standard InChI is InChI=1S/C18H15ClF3N3O/c1-18(2,26-15-7-5-11(21)9-14(15)22)17-24-23-16(25(17)3)12-6-4-10(20)8-13(12)19/h4-9H,1-3H3. The lowest BCUT2D eigenvalue weighted by Gasteiger charge is -2.25. The summed E-state index contributed by atoms with van der Waals surface area (Å²) in [5.41, 5.74) is -0.580. The molecule has 1 heterocycles. The summed E-state index contributed by atoms with van der Waals surface area (Å²) in [5, 5.41) is 8.39. The summed E-state index contributed by atoms with van der Waals surface area (Å²) in [5.74, 6) is -1.29. The van der Waals surface area contributed by atoms with E-state index in [-0.39, 0.29) is 10.8 Å². The van der Waals surface area contributed by atoms with Gasteiger partial charge >= 0.3 is 0 Å². The van der Waals surface area contributed by atoms with Crippen molar-refractivity contribution in [2.75, 3.05) is 0 Å². The van der Waals surface area contributed by atoms with E-state index < -0.39 is 23.1 Å². The van der Waals surface area contributed by atoms with Gasteiger partial charge < -0.3 is 9.30 Å². The van der Waals surface area contributed by atoms with E-state index in [1.165, 1.54) is 24.3 Å². The third-order valence-corrected chi connectivity index (χ3v) is 4.16. The zero-order chi connectivity index (χ0) is 19.1. The molecule has 0 aliphatic heterocycles. The molecule has 0 atom stereocenters. The van der Waals surface area contributed by atoms with Gasteiger partial charge in [0.25, 0.3) is 0 Å². The van der Waals surface area contributed by atoms with Gasteiger partial charge in [0.05, 0.1) is 5.02 Å². The van der Waals surface area contributed by atoms with Crippen molar-refractivity contribution in [2.45, 2.75) is 19.4 Å². The monoisotopic (exact) mass is 381 g/mol. The molecule has 0 radical (unpaired) electrons. The number of nitrogens with zero attached hydrogens (tertiary/aromatic N) is 3. The Kier molecular flexibility index (Phi) is 4.66. The normalized spacial score (nSPS) is 11.7. The largest absolute Gasteiger partial charge is 0.477 e. The van der Waals surface area contributed by atoms with Gasteiger partial charge in [-0.1, -0.05) is 11.6 Å². The molecular formula is C18H15ClF3N3O. The van der Waals surface area contributed by atoms with Gasteiger partial charge in [0.1, 0.15) is 11.6 Å². The van der Waals surface area contributed by atoms with Crippen molar-refractivity contribution in [1.29, 1.82) is 0 Å². The molecule has 0 unspecified atom stereocenters.